The minimum Gasteiger partial charge on any atom is -0.495 e. The summed E-state index contributed by atoms with van der Waals surface area (Å²) in [6, 6.07) is 2.75. The summed E-state index contributed by atoms with van der Waals surface area (Å²) in [6.07, 6.45) is 3.45. The van der Waals surface area contributed by atoms with Crippen LogP contribution in [-0.4, -0.2) is 25.3 Å². The van der Waals surface area contributed by atoms with Crippen LogP contribution in [0, 0.1) is 5.82 Å². The Balaban J connectivity index is 2.48. The van der Waals surface area contributed by atoms with Crippen LogP contribution in [0.4, 0.5) is 14.9 Å². The van der Waals surface area contributed by atoms with Crippen molar-refractivity contribution in [3.8, 4) is 5.75 Å². The molecule has 122 valence electrons. The molecule has 22 heavy (non-hydrogen) atoms. The van der Waals surface area contributed by atoms with E-state index in [0.717, 1.165) is 0 Å². The summed E-state index contributed by atoms with van der Waals surface area (Å²) in [7, 11) is 1.47. The molecule has 0 aliphatic rings. The highest BCUT2D eigenvalue weighted by molar-refractivity contribution is 5.67. The van der Waals surface area contributed by atoms with Gasteiger partial charge in [0.25, 0.3) is 0 Å². The number of anilines is 1. The van der Waals surface area contributed by atoms with Gasteiger partial charge in [-0.05, 0) is 33.3 Å². The minimum atomic E-state index is -0.524. The van der Waals surface area contributed by atoms with Gasteiger partial charge < -0.3 is 20.5 Å². The molecular formula is C16H23FN2O3. The SMILES string of the molecule is COc1cc(C=CCCNC(=O)OC(C)(C)C)c(F)cc1N. The van der Waals surface area contributed by atoms with E-state index in [1.54, 1.807) is 32.9 Å². The van der Waals surface area contributed by atoms with E-state index in [4.69, 9.17) is 15.2 Å². The van der Waals surface area contributed by atoms with Crippen molar-refractivity contribution in [2.24, 2.45) is 0 Å². The molecule has 0 aromatic heterocycles. The van der Waals surface area contributed by atoms with Crippen LogP contribution in [0.2, 0.25) is 0 Å². The molecule has 5 nitrogen and oxygen atoms in total. The number of amides is 1. The second-order valence-corrected chi connectivity index (χ2v) is 5.74. The molecule has 1 rings (SSSR count). The van der Waals surface area contributed by atoms with E-state index in [-0.39, 0.29) is 5.69 Å². The predicted molar refractivity (Wildman–Crippen MR) is 85.3 cm³/mol. The maximum Gasteiger partial charge on any atom is 0.407 e. The smallest absolute Gasteiger partial charge is 0.407 e. The third-order valence-electron chi connectivity index (χ3n) is 2.63. The maximum absolute atomic E-state index is 13.7. The molecule has 1 aromatic rings. The van der Waals surface area contributed by atoms with E-state index in [1.807, 2.05) is 0 Å². The van der Waals surface area contributed by atoms with Gasteiger partial charge in [0.1, 0.15) is 17.2 Å². The molecular weight excluding hydrogens is 287 g/mol. The van der Waals surface area contributed by atoms with E-state index in [2.05, 4.69) is 5.32 Å². The van der Waals surface area contributed by atoms with Gasteiger partial charge in [-0.3, -0.25) is 0 Å². The van der Waals surface area contributed by atoms with Crippen LogP contribution in [0.25, 0.3) is 6.08 Å². The molecule has 0 radical (unpaired) electrons. The molecule has 0 spiro atoms. The molecule has 0 aliphatic heterocycles. The molecule has 0 saturated heterocycles. The molecule has 0 aliphatic carbocycles. The third-order valence-corrected chi connectivity index (χ3v) is 2.63. The van der Waals surface area contributed by atoms with Crippen molar-refractivity contribution in [2.45, 2.75) is 32.8 Å². The molecule has 0 unspecified atom stereocenters. The number of halogens is 1. The first-order chi connectivity index (χ1) is 10.2. The minimum absolute atomic E-state index is 0.253. The van der Waals surface area contributed by atoms with Gasteiger partial charge in [0.2, 0.25) is 0 Å². The number of hydrogen-bond donors (Lipinski definition) is 2. The lowest BCUT2D eigenvalue weighted by Gasteiger charge is -2.19. The van der Waals surface area contributed by atoms with Crippen molar-refractivity contribution in [3.63, 3.8) is 0 Å². The van der Waals surface area contributed by atoms with E-state index >= 15 is 0 Å². The number of rotatable bonds is 5. The summed E-state index contributed by atoms with van der Waals surface area (Å²) >= 11 is 0. The van der Waals surface area contributed by atoms with Crippen LogP contribution in [0.1, 0.15) is 32.8 Å². The van der Waals surface area contributed by atoms with Crippen molar-refractivity contribution in [2.75, 3.05) is 19.4 Å². The van der Waals surface area contributed by atoms with E-state index < -0.39 is 17.5 Å². The zero-order chi connectivity index (χ0) is 16.8. The Kier molecular flexibility index (Phi) is 6.22. The number of nitrogen functional groups attached to an aromatic ring is 1. The molecule has 0 heterocycles. The lowest BCUT2D eigenvalue weighted by atomic mass is 10.1. The van der Waals surface area contributed by atoms with E-state index in [9.17, 15) is 9.18 Å². The Morgan fingerprint density at radius 3 is 2.68 bits per heavy atom. The predicted octanol–water partition coefficient (Wildman–Crippen LogP) is 3.34. The first-order valence-corrected chi connectivity index (χ1v) is 6.99. The third kappa shape index (κ3) is 6.03. The molecule has 0 fully saturated rings. The fourth-order valence-electron chi connectivity index (χ4n) is 1.67. The van der Waals surface area contributed by atoms with Crippen LogP contribution in [0.3, 0.4) is 0 Å². The highest BCUT2D eigenvalue weighted by Gasteiger charge is 2.15. The van der Waals surface area contributed by atoms with Gasteiger partial charge in [-0.2, -0.15) is 0 Å². The van der Waals surface area contributed by atoms with Crippen molar-refractivity contribution in [1.29, 1.82) is 0 Å². The second kappa shape index (κ2) is 7.68. The van der Waals surface area contributed by atoms with Crippen molar-refractivity contribution >= 4 is 17.9 Å². The number of carbonyl (C=O) groups excluding carboxylic acids is 1. The van der Waals surface area contributed by atoms with Gasteiger partial charge in [0.05, 0.1) is 12.8 Å². The summed E-state index contributed by atoms with van der Waals surface area (Å²) in [6.45, 7) is 5.79. The number of carbonyl (C=O) groups is 1. The quantitative estimate of drug-likeness (QED) is 0.646. The number of methoxy groups -OCH3 is 1. The first-order valence-electron chi connectivity index (χ1n) is 6.99. The largest absolute Gasteiger partial charge is 0.495 e. The Labute approximate surface area is 130 Å². The topological polar surface area (TPSA) is 73.6 Å². The fourth-order valence-corrected chi connectivity index (χ4v) is 1.67. The van der Waals surface area contributed by atoms with E-state index in [1.165, 1.54) is 19.2 Å². The highest BCUT2D eigenvalue weighted by Crippen LogP contribution is 2.25. The normalized spacial score (nSPS) is 11.5. The van der Waals surface area contributed by atoms with E-state index in [0.29, 0.717) is 24.3 Å². The second-order valence-electron chi connectivity index (χ2n) is 5.74. The summed E-state index contributed by atoms with van der Waals surface area (Å²) in [5.74, 6) is 0.00239. The van der Waals surface area contributed by atoms with Crippen LogP contribution in [-0.2, 0) is 4.74 Å². The zero-order valence-electron chi connectivity index (χ0n) is 13.4. The Bertz CT molecular complexity index is 551. The van der Waals surface area contributed by atoms with Crippen molar-refractivity contribution in [3.05, 3.63) is 29.6 Å². The zero-order valence-corrected chi connectivity index (χ0v) is 13.4. The van der Waals surface area contributed by atoms with Gasteiger partial charge in [0, 0.05) is 18.2 Å². The number of nitrogens with one attached hydrogen (secondary N) is 1. The fraction of sp³-hybridized carbons (Fsp3) is 0.438. The summed E-state index contributed by atoms with van der Waals surface area (Å²) in [4.78, 5) is 11.4. The average molecular weight is 310 g/mol. The summed E-state index contributed by atoms with van der Waals surface area (Å²) in [5, 5.41) is 2.62. The number of hydrogen-bond acceptors (Lipinski definition) is 4. The summed E-state index contributed by atoms with van der Waals surface area (Å²) < 4.78 is 23.9. The van der Waals surface area contributed by atoms with Crippen molar-refractivity contribution < 1.29 is 18.7 Å². The number of alkyl carbamates (subject to hydrolysis) is 1. The van der Waals surface area contributed by atoms with Crippen LogP contribution in [0.15, 0.2) is 18.2 Å². The Hall–Kier alpha value is -2.24. The monoisotopic (exact) mass is 310 g/mol. The first kappa shape index (κ1) is 17.8. The molecule has 3 N–H and O–H groups in total. The average Bonchev–Trinajstić information content (AvgIpc) is 2.38. The van der Waals surface area contributed by atoms with Gasteiger partial charge in [-0.15, -0.1) is 0 Å². The van der Waals surface area contributed by atoms with Crippen molar-refractivity contribution in [1.82, 2.24) is 5.32 Å². The van der Waals surface area contributed by atoms with Crippen LogP contribution >= 0.6 is 0 Å². The van der Waals surface area contributed by atoms with Gasteiger partial charge in [0.15, 0.2) is 0 Å². The standard InChI is InChI=1S/C16H23FN2O3/c1-16(2,3)22-15(20)19-8-6-5-7-11-9-14(21-4)13(18)10-12(11)17/h5,7,9-10H,6,8,18H2,1-4H3,(H,19,20). The summed E-state index contributed by atoms with van der Waals surface area (Å²) in [5.41, 5.74) is 5.72. The molecule has 1 amide bonds. The molecule has 0 bridgehead atoms. The number of benzene rings is 1. The molecule has 1 aromatic carbocycles. The molecule has 0 atom stereocenters. The highest BCUT2D eigenvalue weighted by atomic mass is 19.1. The maximum atomic E-state index is 13.7. The molecule has 0 saturated carbocycles. The van der Waals surface area contributed by atoms with Gasteiger partial charge in [-0.25, -0.2) is 9.18 Å². The van der Waals surface area contributed by atoms with Crippen LogP contribution < -0.4 is 15.8 Å². The van der Waals surface area contributed by atoms with Crippen LogP contribution in [0.5, 0.6) is 5.75 Å². The number of ether oxygens (including phenoxy) is 2. The lowest BCUT2D eigenvalue weighted by molar-refractivity contribution is 0.0529. The molecule has 6 heteroatoms. The van der Waals surface area contributed by atoms with Gasteiger partial charge >= 0.3 is 6.09 Å². The number of nitrogens with two attached hydrogens (primary N) is 1. The lowest BCUT2D eigenvalue weighted by Crippen LogP contribution is -2.32. The Morgan fingerprint density at radius 2 is 2.09 bits per heavy atom. The Morgan fingerprint density at radius 1 is 1.41 bits per heavy atom. The van der Waals surface area contributed by atoms with Gasteiger partial charge in [-0.1, -0.05) is 12.2 Å².